The molecule has 1 saturated heterocycles. The van der Waals surface area contributed by atoms with Gasteiger partial charge in [0.25, 0.3) is 5.91 Å². The summed E-state index contributed by atoms with van der Waals surface area (Å²) in [5, 5.41) is 15.4. The molecule has 0 aromatic heterocycles. The maximum absolute atomic E-state index is 13.9. The standard InChI is InChI=1S/C27H26ClN3O3/c28-19-12-11-17(15-29)18(14-19)16-30-25(32)24-10-5-13-31(24)26(33)27(34)22-8-3-1-6-20(22)21-7-2-4-9-23(21)27/h1-4,6-9,11-12,14,24,34H,5,10,13,15-16,29H2,(H,30,32)/t24-/m0/s1. The Bertz CT molecular complexity index is 1230. The zero-order valence-electron chi connectivity index (χ0n) is 18.6. The molecule has 3 aromatic rings. The molecule has 1 fully saturated rings. The molecule has 2 aliphatic rings. The lowest BCUT2D eigenvalue weighted by Crippen LogP contribution is -2.52. The average Bonchev–Trinajstić information content (AvgIpc) is 3.45. The monoisotopic (exact) mass is 475 g/mol. The van der Waals surface area contributed by atoms with E-state index in [9.17, 15) is 14.7 Å². The molecule has 34 heavy (non-hydrogen) atoms. The van der Waals surface area contributed by atoms with Crippen LogP contribution in [-0.2, 0) is 28.3 Å². The highest BCUT2D eigenvalue weighted by Crippen LogP contribution is 2.48. The van der Waals surface area contributed by atoms with Gasteiger partial charge in [0, 0.05) is 35.8 Å². The number of hydrogen-bond donors (Lipinski definition) is 3. The van der Waals surface area contributed by atoms with Crippen LogP contribution in [-0.4, -0.2) is 34.4 Å². The van der Waals surface area contributed by atoms with Crippen LogP contribution in [0.5, 0.6) is 0 Å². The third kappa shape index (κ3) is 3.59. The van der Waals surface area contributed by atoms with Gasteiger partial charge in [-0.05, 0) is 47.2 Å². The average molecular weight is 476 g/mol. The largest absolute Gasteiger partial charge is 0.372 e. The highest BCUT2D eigenvalue weighted by atomic mass is 35.5. The Balaban J connectivity index is 1.41. The van der Waals surface area contributed by atoms with Crippen molar-refractivity contribution < 1.29 is 14.7 Å². The first-order chi connectivity index (χ1) is 16.4. The molecule has 4 N–H and O–H groups in total. The van der Waals surface area contributed by atoms with Crippen LogP contribution in [0.3, 0.4) is 0 Å². The molecular weight excluding hydrogens is 450 g/mol. The summed E-state index contributed by atoms with van der Waals surface area (Å²) in [5.41, 5.74) is 8.52. The molecule has 7 heteroatoms. The molecule has 0 bridgehead atoms. The quantitative estimate of drug-likeness (QED) is 0.527. The summed E-state index contributed by atoms with van der Waals surface area (Å²) >= 11 is 6.12. The SMILES string of the molecule is NCc1ccc(Cl)cc1CNC(=O)[C@@H]1CCCN1C(=O)C1(O)c2ccccc2-c2ccccc21. The molecule has 0 spiro atoms. The van der Waals surface area contributed by atoms with E-state index < -0.39 is 17.6 Å². The number of rotatable bonds is 5. The van der Waals surface area contributed by atoms with Crippen molar-refractivity contribution >= 4 is 23.4 Å². The van der Waals surface area contributed by atoms with E-state index in [2.05, 4.69) is 5.32 Å². The molecule has 5 rings (SSSR count). The third-order valence-corrected chi connectivity index (χ3v) is 7.13. The molecule has 0 unspecified atom stereocenters. The number of nitrogens with two attached hydrogens (primary N) is 1. The first-order valence-electron chi connectivity index (χ1n) is 11.4. The Morgan fingerprint density at radius 3 is 2.32 bits per heavy atom. The van der Waals surface area contributed by atoms with Crippen LogP contribution in [0.1, 0.15) is 35.1 Å². The molecule has 2 amide bonds. The smallest absolute Gasteiger partial charge is 0.264 e. The summed E-state index contributed by atoms with van der Waals surface area (Å²) < 4.78 is 0. The molecule has 1 aliphatic carbocycles. The summed E-state index contributed by atoms with van der Waals surface area (Å²) in [6, 6.07) is 19.6. The van der Waals surface area contributed by atoms with Gasteiger partial charge < -0.3 is 21.1 Å². The third-order valence-electron chi connectivity index (χ3n) is 6.89. The number of aliphatic hydroxyl groups is 1. The second kappa shape index (κ2) is 8.87. The topological polar surface area (TPSA) is 95.7 Å². The highest BCUT2D eigenvalue weighted by Gasteiger charge is 2.52. The van der Waals surface area contributed by atoms with Crippen molar-refractivity contribution in [1.82, 2.24) is 10.2 Å². The molecule has 174 valence electrons. The number of halogens is 1. The lowest BCUT2D eigenvalue weighted by Gasteiger charge is -2.32. The van der Waals surface area contributed by atoms with Crippen LogP contribution in [0.2, 0.25) is 5.02 Å². The molecule has 0 radical (unpaired) electrons. The van der Waals surface area contributed by atoms with Crippen LogP contribution in [0.15, 0.2) is 66.7 Å². The van der Waals surface area contributed by atoms with Gasteiger partial charge in [-0.15, -0.1) is 0 Å². The first-order valence-corrected chi connectivity index (χ1v) is 11.8. The van der Waals surface area contributed by atoms with E-state index in [1.807, 2.05) is 42.5 Å². The number of nitrogens with zero attached hydrogens (tertiary/aromatic N) is 1. The normalized spacial score (nSPS) is 17.9. The number of fused-ring (bicyclic) bond motifs is 3. The highest BCUT2D eigenvalue weighted by molar-refractivity contribution is 6.30. The van der Waals surface area contributed by atoms with Crippen molar-refractivity contribution in [3.05, 3.63) is 94.0 Å². The molecular formula is C27H26ClN3O3. The van der Waals surface area contributed by atoms with Crippen LogP contribution >= 0.6 is 11.6 Å². The van der Waals surface area contributed by atoms with E-state index in [4.69, 9.17) is 17.3 Å². The predicted octanol–water partition coefficient (Wildman–Crippen LogP) is 3.32. The molecule has 0 saturated carbocycles. The molecule has 1 heterocycles. The van der Waals surface area contributed by atoms with Crippen molar-refractivity contribution in [2.24, 2.45) is 5.73 Å². The van der Waals surface area contributed by atoms with E-state index in [0.717, 1.165) is 22.3 Å². The van der Waals surface area contributed by atoms with Gasteiger partial charge in [-0.2, -0.15) is 0 Å². The summed E-state index contributed by atoms with van der Waals surface area (Å²) in [7, 11) is 0. The van der Waals surface area contributed by atoms with Gasteiger partial charge in [0.05, 0.1) is 0 Å². The van der Waals surface area contributed by atoms with Crippen molar-refractivity contribution in [2.75, 3.05) is 6.54 Å². The molecule has 1 aliphatic heterocycles. The number of amides is 2. The van der Waals surface area contributed by atoms with E-state index >= 15 is 0 Å². The number of nitrogens with one attached hydrogen (secondary N) is 1. The van der Waals surface area contributed by atoms with E-state index in [1.165, 1.54) is 4.90 Å². The Morgan fingerprint density at radius 2 is 1.68 bits per heavy atom. The van der Waals surface area contributed by atoms with Crippen LogP contribution in [0.25, 0.3) is 11.1 Å². The van der Waals surface area contributed by atoms with Gasteiger partial charge in [-0.25, -0.2) is 0 Å². The maximum atomic E-state index is 13.9. The predicted molar refractivity (Wildman–Crippen MR) is 131 cm³/mol. The Morgan fingerprint density at radius 1 is 1.03 bits per heavy atom. The van der Waals surface area contributed by atoms with Gasteiger partial charge >= 0.3 is 0 Å². The minimum atomic E-state index is -1.82. The van der Waals surface area contributed by atoms with Gasteiger partial charge in [0.15, 0.2) is 5.60 Å². The fourth-order valence-corrected chi connectivity index (χ4v) is 5.39. The van der Waals surface area contributed by atoms with Gasteiger partial charge in [0.2, 0.25) is 5.91 Å². The van der Waals surface area contributed by atoms with Gasteiger partial charge in [-0.1, -0.05) is 66.2 Å². The summed E-state index contributed by atoms with van der Waals surface area (Å²) in [5.74, 6) is -0.718. The van der Waals surface area contributed by atoms with Crippen LogP contribution < -0.4 is 11.1 Å². The molecule has 3 aromatic carbocycles. The number of benzene rings is 3. The van der Waals surface area contributed by atoms with E-state index in [-0.39, 0.29) is 12.5 Å². The minimum Gasteiger partial charge on any atom is -0.372 e. The zero-order chi connectivity index (χ0) is 23.9. The van der Waals surface area contributed by atoms with Crippen LogP contribution in [0, 0.1) is 0 Å². The van der Waals surface area contributed by atoms with Crippen molar-refractivity contribution in [3.8, 4) is 11.1 Å². The fourth-order valence-electron chi connectivity index (χ4n) is 5.19. The first kappa shape index (κ1) is 22.6. The van der Waals surface area contributed by atoms with E-state index in [0.29, 0.717) is 42.1 Å². The minimum absolute atomic E-state index is 0.253. The summed E-state index contributed by atoms with van der Waals surface area (Å²) in [6.07, 6.45) is 1.23. The van der Waals surface area contributed by atoms with Gasteiger partial charge in [-0.3, -0.25) is 9.59 Å². The summed E-state index contributed by atoms with van der Waals surface area (Å²) in [4.78, 5) is 28.6. The second-order valence-electron chi connectivity index (χ2n) is 8.79. The Kier molecular flexibility index (Phi) is 5.90. The number of hydrogen-bond acceptors (Lipinski definition) is 4. The summed E-state index contributed by atoms with van der Waals surface area (Å²) in [6.45, 7) is 1.01. The number of likely N-dealkylation sites (tertiary alicyclic amines) is 1. The molecule has 1 atom stereocenters. The Hall–Kier alpha value is -3.19. The zero-order valence-corrected chi connectivity index (χ0v) is 19.4. The fraction of sp³-hybridized carbons (Fsp3) is 0.259. The lowest BCUT2D eigenvalue weighted by atomic mass is 9.89. The molecule has 6 nitrogen and oxygen atoms in total. The maximum Gasteiger partial charge on any atom is 0.264 e. The van der Waals surface area contributed by atoms with E-state index in [1.54, 1.807) is 24.3 Å². The number of carbonyl (C=O) groups is 2. The van der Waals surface area contributed by atoms with Crippen molar-refractivity contribution in [2.45, 2.75) is 37.6 Å². The van der Waals surface area contributed by atoms with Crippen LogP contribution in [0.4, 0.5) is 0 Å². The lowest BCUT2D eigenvalue weighted by molar-refractivity contribution is -0.151. The Labute approximate surface area is 203 Å². The van der Waals surface area contributed by atoms with Crippen molar-refractivity contribution in [3.63, 3.8) is 0 Å². The number of carbonyl (C=O) groups excluding carboxylic acids is 2. The van der Waals surface area contributed by atoms with Gasteiger partial charge in [0.1, 0.15) is 6.04 Å². The second-order valence-corrected chi connectivity index (χ2v) is 9.23. The van der Waals surface area contributed by atoms with Crippen molar-refractivity contribution in [1.29, 1.82) is 0 Å².